The minimum atomic E-state index is -0.0394. The Morgan fingerprint density at radius 1 is 1.40 bits per heavy atom. The summed E-state index contributed by atoms with van der Waals surface area (Å²) in [5.74, 6) is 0.326. The van der Waals surface area contributed by atoms with Crippen molar-refractivity contribution in [2.75, 3.05) is 0 Å². The average molecular weight is 210 g/mol. The lowest BCUT2D eigenvalue weighted by molar-refractivity contribution is -0.132. The van der Waals surface area contributed by atoms with E-state index in [0.717, 1.165) is 6.42 Å². The molecule has 0 amide bonds. The molecule has 1 saturated heterocycles. The van der Waals surface area contributed by atoms with Crippen molar-refractivity contribution in [3.8, 4) is 0 Å². The van der Waals surface area contributed by atoms with Crippen molar-refractivity contribution in [1.82, 2.24) is 0 Å². The Kier molecular flexibility index (Phi) is 5.62. The van der Waals surface area contributed by atoms with Gasteiger partial charge in [0.15, 0.2) is 0 Å². The first-order chi connectivity index (χ1) is 7.26. The van der Waals surface area contributed by atoms with Crippen LogP contribution in [0, 0.1) is 0 Å². The van der Waals surface area contributed by atoms with Gasteiger partial charge in [0.25, 0.3) is 0 Å². The fraction of sp³-hybridized carbons (Fsp3) is 0.769. The van der Waals surface area contributed by atoms with E-state index in [0.29, 0.717) is 18.6 Å². The summed E-state index contributed by atoms with van der Waals surface area (Å²) in [7, 11) is 0. The van der Waals surface area contributed by atoms with Crippen molar-refractivity contribution in [2.24, 2.45) is 0 Å². The lowest BCUT2D eigenvalue weighted by Gasteiger charge is -2.27. The summed E-state index contributed by atoms with van der Waals surface area (Å²) in [5.41, 5.74) is 0. The zero-order valence-electron chi connectivity index (χ0n) is 9.71. The molecular weight excluding hydrogens is 188 g/mol. The number of ether oxygens (including phenoxy) is 1. The summed E-state index contributed by atoms with van der Waals surface area (Å²) in [6, 6.07) is 0. The van der Waals surface area contributed by atoms with Crippen molar-refractivity contribution >= 4 is 5.78 Å². The first-order valence-electron chi connectivity index (χ1n) is 6.06. The molecule has 0 unspecified atom stereocenters. The zero-order valence-corrected chi connectivity index (χ0v) is 9.71. The summed E-state index contributed by atoms with van der Waals surface area (Å²) in [6.45, 7) is 5.89. The fourth-order valence-corrected chi connectivity index (χ4v) is 2.01. The summed E-state index contributed by atoms with van der Waals surface area (Å²) >= 11 is 0. The van der Waals surface area contributed by atoms with Gasteiger partial charge in [-0.3, -0.25) is 4.79 Å². The molecule has 86 valence electrons. The summed E-state index contributed by atoms with van der Waals surface area (Å²) in [4.78, 5) is 11.4. The Morgan fingerprint density at radius 2 is 2.20 bits per heavy atom. The summed E-state index contributed by atoms with van der Waals surface area (Å²) < 4.78 is 5.75. The second-order valence-corrected chi connectivity index (χ2v) is 4.33. The Morgan fingerprint density at radius 3 is 2.87 bits per heavy atom. The lowest BCUT2D eigenvalue weighted by atomic mass is 9.98. The second kappa shape index (κ2) is 6.78. The second-order valence-electron chi connectivity index (χ2n) is 4.33. The van der Waals surface area contributed by atoms with Gasteiger partial charge in [-0.15, -0.1) is 6.58 Å². The van der Waals surface area contributed by atoms with Crippen LogP contribution in [0.3, 0.4) is 0 Å². The first kappa shape index (κ1) is 12.4. The third-order valence-electron chi connectivity index (χ3n) is 2.89. The first-order valence-corrected chi connectivity index (χ1v) is 6.06. The van der Waals surface area contributed by atoms with Crippen molar-refractivity contribution in [3.63, 3.8) is 0 Å². The van der Waals surface area contributed by atoms with Crippen LogP contribution in [0.1, 0.15) is 51.9 Å². The minimum Gasteiger partial charge on any atom is -0.370 e. The molecule has 2 atom stereocenters. The number of hydrogen-bond donors (Lipinski definition) is 0. The van der Waals surface area contributed by atoms with Gasteiger partial charge in [-0.1, -0.05) is 38.7 Å². The number of rotatable bonds is 6. The molecule has 0 aromatic carbocycles. The number of carbonyl (C=O) groups is 1. The smallest absolute Gasteiger partial charge is 0.138 e. The van der Waals surface area contributed by atoms with Gasteiger partial charge in [-0.2, -0.15) is 0 Å². The molecular formula is C13H22O2. The standard InChI is InChI=1S/C13H22O2/c1-3-5-6-7-8-13-10-11(14)9-12(4-2)15-13/h4,12-13H,2-3,5-10H2,1H3/t12-,13+/m1/s1. The van der Waals surface area contributed by atoms with Gasteiger partial charge in [-0.25, -0.2) is 0 Å². The molecule has 0 N–H and O–H groups in total. The molecule has 2 heteroatoms. The Balaban J connectivity index is 2.22. The highest BCUT2D eigenvalue weighted by Gasteiger charge is 2.25. The van der Waals surface area contributed by atoms with Crippen LogP contribution in [0.25, 0.3) is 0 Å². The Hall–Kier alpha value is -0.630. The quantitative estimate of drug-likeness (QED) is 0.497. The highest BCUT2D eigenvalue weighted by atomic mass is 16.5. The topological polar surface area (TPSA) is 26.3 Å². The van der Waals surface area contributed by atoms with Crippen LogP contribution in [0.15, 0.2) is 12.7 Å². The normalized spacial score (nSPS) is 26.6. The molecule has 0 radical (unpaired) electrons. The molecule has 15 heavy (non-hydrogen) atoms. The molecule has 1 heterocycles. The third-order valence-corrected chi connectivity index (χ3v) is 2.89. The highest BCUT2D eigenvalue weighted by molar-refractivity contribution is 5.80. The maximum absolute atomic E-state index is 11.4. The molecule has 1 rings (SSSR count). The maximum atomic E-state index is 11.4. The van der Waals surface area contributed by atoms with E-state index in [1.165, 1.54) is 25.7 Å². The van der Waals surface area contributed by atoms with E-state index in [1.54, 1.807) is 6.08 Å². The van der Waals surface area contributed by atoms with Crippen LogP contribution in [0.2, 0.25) is 0 Å². The van der Waals surface area contributed by atoms with Gasteiger partial charge in [0.05, 0.1) is 12.2 Å². The van der Waals surface area contributed by atoms with Crippen LogP contribution in [-0.2, 0) is 9.53 Å². The number of unbranched alkanes of at least 4 members (excludes halogenated alkanes) is 3. The van der Waals surface area contributed by atoms with Crippen molar-refractivity contribution in [1.29, 1.82) is 0 Å². The SMILES string of the molecule is C=C[C@@H]1CC(=O)C[C@H](CCCCCC)O1. The monoisotopic (exact) mass is 210 g/mol. The van der Waals surface area contributed by atoms with Gasteiger partial charge in [0.2, 0.25) is 0 Å². The minimum absolute atomic E-state index is 0.0394. The van der Waals surface area contributed by atoms with Gasteiger partial charge < -0.3 is 4.74 Å². The highest BCUT2D eigenvalue weighted by Crippen LogP contribution is 2.21. The van der Waals surface area contributed by atoms with E-state index in [-0.39, 0.29) is 12.2 Å². The number of carbonyl (C=O) groups excluding carboxylic acids is 1. The van der Waals surface area contributed by atoms with Crippen LogP contribution in [0.4, 0.5) is 0 Å². The van der Waals surface area contributed by atoms with Crippen LogP contribution < -0.4 is 0 Å². The van der Waals surface area contributed by atoms with E-state index in [9.17, 15) is 4.79 Å². The molecule has 1 aliphatic heterocycles. The number of ketones is 1. The van der Waals surface area contributed by atoms with Crippen molar-refractivity contribution in [2.45, 2.75) is 64.1 Å². The van der Waals surface area contributed by atoms with Gasteiger partial charge in [0, 0.05) is 12.8 Å². The zero-order chi connectivity index (χ0) is 11.1. The van der Waals surface area contributed by atoms with E-state index in [1.807, 2.05) is 0 Å². The predicted molar refractivity (Wildman–Crippen MR) is 61.9 cm³/mol. The lowest BCUT2D eigenvalue weighted by Crippen LogP contribution is -2.31. The van der Waals surface area contributed by atoms with Crippen molar-refractivity contribution in [3.05, 3.63) is 12.7 Å². The largest absolute Gasteiger partial charge is 0.370 e. The van der Waals surface area contributed by atoms with E-state index < -0.39 is 0 Å². The van der Waals surface area contributed by atoms with Gasteiger partial charge in [-0.05, 0) is 6.42 Å². The third kappa shape index (κ3) is 4.61. The molecule has 0 spiro atoms. The number of Topliss-reactive ketones (excluding diaryl/α,β-unsaturated/α-hetero) is 1. The average Bonchev–Trinajstić information content (AvgIpc) is 2.23. The summed E-state index contributed by atoms with van der Waals surface area (Å²) in [6.07, 6.45) is 8.97. The van der Waals surface area contributed by atoms with Crippen LogP contribution >= 0.6 is 0 Å². The maximum Gasteiger partial charge on any atom is 0.138 e. The van der Waals surface area contributed by atoms with E-state index >= 15 is 0 Å². The molecule has 0 aromatic heterocycles. The molecule has 0 aromatic rings. The van der Waals surface area contributed by atoms with Crippen LogP contribution in [-0.4, -0.2) is 18.0 Å². The molecule has 2 nitrogen and oxygen atoms in total. The fourth-order valence-electron chi connectivity index (χ4n) is 2.01. The van der Waals surface area contributed by atoms with Crippen molar-refractivity contribution < 1.29 is 9.53 Å². The number of hydrogen-bond acceptors (Lipinski definition) is 2. The van der Waals surface area contributed by atoms with E-state index in [2.05, 4.69) is 13.5 Å². The predicted octanol–water partition coefficient (Wildman–Crippen LogP) is 3.26. The van der Waals surface area contributed by atoms with E-state index in [4.69, 9.17) is 4.74 Å². The van der Waals surface area contributed by atoms with Gasteiger partial charge >= 0.3 is 0 Å². The summed E-state index contributed by atoms with van der Waals surface area (Å²) in [5, 5.41) is 0. The molecule has 0 aliphatic carbocycles. The molecule has 1 aliphatic rings. The molecule has 0 bridgehead atoms. The Bertz CT molecular complexity index is 211. The van der Waals surface area contributed by atoms with Crippen LogP contribution in [0.5, 0.6) is 0 Å². The van der Waals surface area contributed by atoms with Gasteiger partial charge in [0.1, 0.15) is 5.78 Å². The molecule has 0 saturated carbocycles. The Labute approximate surface area is 92.7 Å². The molecule has 1 fully saturated rings.